The van der Waals surface area contributed by atoms with E-state index in [1.54, 1.807) is 12.4 Å². The summed E-state index contributed by atoms with van der Waals surface area (Å²) in [6, 6.07) is 0. The van der Waals surface area contributed by atoms with Crippen molar-refractivity contribution in [2.24, 2.45) is 5.92 Å². The fourth-order valence-corrected chi connectivity index (χ4v) is 3.84. The molecule has 1 saturated carbocycles. The number of hydrogen-bond donors (Lipinski definition) is 2. The Morgan fingerprint density at radius 3 is 2.81 bits per heavy atom. The molecule has 148 valence electrons. The molecule has 1 aliphatic carbocycles. The molecule has 3 rings (SSSR count). The van der Waals surface area contributed by atoms with Crippen LogP contribution in [0.4, 0.5) is 0 Å². The third kappa shape index (κ3) is 5.19. The summed E-state index contributed by atoms with van der Waals surface area (Å²) in [5.41, 5.74) is 1.99. The molecule has 2 heterocycles. The average Bonchev–Trinajstić information content (AvgIpc) is 3.05. The van der Waals surface area contributed by atoms with Crippen LogP contribution in [0.25, 0.3) is 6.08 Å². The third-order valence-electron chi connectivity index (χ3n) is 5.22. The van der Waals surface area contributed by atoms with E-state index in [0.717, 1.165) is 18.8 Å². The van der Waals surface area contributed by atoms with Crippen LogP contribution < -0.4 is 10.6 Å². The largest absolute Gasteiger partial charge is 0.379 e. The minimum atomic E-state index is -0.283. The van der Waals surface area contributed by atoms with Crippen molar-refractivity contribution in [2.75, 3.05) is 19.8 Å². The van der Waals surface area contributed by atoms with Crippen LogP contribution in [0.5, 0.6) is 0 Å². The molecule has 0 bridgehead atoms. The van der Waals surface area contributed by atoms with Gasteiger partial charge in [-0.2, -0.15) is 0 Å². The first-order valence-electron chi connectivity index (χ1n) is 9.97. The predicted molar refractivity (Wildman–Crippen MR) is 103 cm³/mol. The highest BCUT2D eigenvalue weighted by molar-refractivity contribution is 6.05. The van der Waals surface area contributed by atoms with E-state index in [9.17, 15) is 9.59 Å². The lowest BCUT2D eigenvalue weighted by molar-refractivity contribution is -0.127. The summed E-state index contributed by atoms with van der Waals surface area (Å²) in [4.78, 5) is 27.9. The van der Waals surface area contributed by atoms with Gasteiger partial charge in [-0.05, 0) is 30.8 Å². The summed E-state index contributed by atoms with van der Waals surface area (Å²) >= 11 is 0. The average molecular weight is 374 g/mol. The summed E-state index contributed by atoms with van der Waals surface area (Å²) in [7, 11) is 0. The number of amides is 2. The van der Waals surface area contributed by atoms with E-state index in [0.29, 0.717) is 18.2 Å². The molecule has 0 atom stereocenters. The minimum absolute atomic E-state index is 0.0139. The van der Waals surface area contributed by atoms with E-state index in [4.69, 9.17) is 4.74 Å². The van der Waals surface area contributed by atoms with Crippen LogP contribution in [-0.2, 0) is 20.9 Å². The van der Waals surface area contributed by atoms with E-state index < -0.39 is 0 Å². The summed E-state index contributed by atoms with van der Waals surface area (Å²) in [5, 5.41) is 5.17. The molecule has 27 heavy (non-hydrogen) atoms. The molecule has 7 heteroatoms. The zero-order valence-electron chi connectivity index (χ0n) is 16.3. The number of rotatable bonds is 7. The second-order valence-electron chi connectivity index (χ2n) is 7.73. The number of ether oxygens (including phenoxy) is 1. The van der Waals surface area contributed by atoms with Gasteiger partial charge >= 0.3 is 0 Å². The molecule has 2 amide bonds. The van der Waals surface area contributed by atoms with E-state index >= 15 is 0 Å². The number of nitrogens with one attached hydrogen (secondary N) is 2. The first-order valence-corrected chi connectivity index (χ1v) is 9.97. The van der Waals surface area contributed by atoms with E-state index in [-0.39, 0.29) is 30.0 Å². The molecule has 0 spiro atoms. The van der Waals surface area contributed by atoms with Gasteiger partial charge in [0.05, 0.1) is 25.2 Å². The van der Waals surface area contributed by atoms with Gasteiger partial charge in [0.25, 0.3) is 5.91 Å². The standard InChI is InChI=1S/C20H30N4O3/c1-14(2)19-16(10-17-20(26)21-11-18(25)23-17)22-13-24(19)8-9-27-12-15-6-4-3-5-7-15/h10,13-15H,3-9,11-12H2,1-2H3,(H,21,26)(H,23,25). The Hall–Kier alpha value is -2.15. The Morgan fingerprint density at radius 2 is 2.07 bits per heavy atom. The second-order valence-corrected chi connectivity index (χ2v) is 7.73. The highest BCUT2D eigenvalue weighted by atomic mass is 16.5. The molecule has 1 aromatic rings. The zero-order chi connectivity index (χ0) is 19.2. The van der Waals surface area contributed by atoms with Crippen molar-refractivity contribution in [3.05, 3.63) is 23.4 Å². The van der Waals surface area contributed by atoms with Gasteiger partial charge < -0.3 is 19.9 Å². The van der Waals surface area contributed by atoms with Gasteiger partial charge in [-0.15, -0.1) is 0 Å². The molecular formula is C20H30N4O3. The lowest BCUT2D eigenvalue weighted by Crippen LogP contribution is -2.46. The molecule has 2 N–H and O–H groups in total. The monoisotopic (exact) mass is 374 g/mol. The van der Waals surface area contributed by atoms with Gasteiger partial charge in [0.1, 0.15) is 5.70 Å². The lowest BCUT2D eigenvalue weighted by Gasteiger charge is -2.21. The van der Waals surface area contributed by atoms with Crippen LogP contribution in [0.3, 0.4) is 0 Å². The highest BCUT2D eigenvalue weighted by Gasteiger charge is 2.21. The second kappa shape index (κ2) is 9.17. The number of aromatic nitrogens is 2. The number of hydrogen-bond acceptors (Lipinski definition) is 4. The first-order chi connectivity index (χ1) is 13.0. The maximum Gasteiger partial charge on any atom is 0.268 e. The number of piperazine rings is 1. The van der Waals surface area contributed by atoms with Crippen LogP contribution in [0, 0.1) is 5.92 Å². The summed E-state index contributed by atoms with van der Waals surface area (Å²) in [6.45, 7) is 6.43. The Labute approximate surface area is 160 Å². The zero-order valence-corrected chi connectivity index (χ0v) is 16.3. The van der Waals surface area contributed by atoms with Crippen molar-refractivity contribution in [3.8, 4) is 0 Å². The van der Waals surface area contributed by atoms with Crippen molar-refractivity contribution >= 4 is 17.9 Å². The predicted octanol–water partition coefficient (Wildman–Crippen LogP) is 2.19. The summed E-state index contributed by atoms with van der Waals surface area (Å²) < 4.78 is 8.00. The quantitative estimate of drug-likeness (QED) is 0.566. The molecule has 7 nitrogen and oxygen atoms in total. The number of carbonyl (C=O) groups is 2. The van der Waals surface area contributed by atoms with Gasteiger partial charge in [-0.25, -0.2) is 4.98 Å². The van der Waals surface area contributed by atoms with E-state index in [2.05, 4.69) is 34.0 Å². The minimum Gasteiger partial charge on any atom is -0.379 e. The van der Waals surface area contributed by atoms with Gasteiger partial charge in [0.15, 0.2) is 0 Å². The van der Waals surface area contributed by atoms with Crippen molar-refractivity contribution in [1.82, 2.24) is 20.2 Å². The van der Waals surface area contributed by atoms with Gasteiger partial charge in [0, 0.05) is 18.8 Å². The summed E-state index contributed by atoms with van der Waals surface area (Å²) in [6.07, 6.45) is 10.0. The maximum absolute atomic E-state index is 11.9. The van der Waals surface area contributed by atoms with Gasteiger partial charge in [-0.1, -0.05) is 33.1 Å². The Morgan fingerprint density at radius 1 is 1.30 bits per heavy atom. The number of carbonyl (C=O) groups excluding carboxylic acids is 2. The van der Waals surface area contributed by atoms with Crippen molar-refractivity contribution in [3.63, 3.8) is 0 Å². The molecule has 2 aliphatic rings. The summed E-state index contributed by atoms with van der Waals surface area (Å²) in [5.74, 6) is 0.442. The molecule has 1 aliphatic heterocycles. The fourth-order valence-electron chi connectivity index (χ4n) is 3.84. The molecular weight excluding hydrogens is 344 g/mol. The SMILES string of the molecule is CC(C)c1c(C=C2NC(=O)CNC2=O)ncn1CCOCC1CCCCC1. The Balaban J connectivity index is 1.62. The van der Waals surface area contributed by atoms with Gasteiger partial charge in [-0.3, -0.25) is 9.59 Å². The topological polar surface area (TPSA) is 85.3 Å². The van der Waals surface area contributed by atoms with Crippen LogP contribution in [0.15, 0.2) is 12.0 Å². The van der Waals surface area contributed by atoms with Crippen molar-refractivity contribution in [1.29, 1.82) is 0 Å². The molecule has 1 saturated heterocycles. The van der Waals surface area contributed by atoms with Crippen molar-refractivity contribution < 1.29 is 14.3 Å². The fraction of sp³-hybridized carbons (Fsp3) is 0.650. The first kappa shape index (κ1) is 19.6. The van der Waals surface area contributed by atoms with E-state index in [1.165, 1.54) is 32.1 Å². The molecule has 1 aromatic heterocycles. The molecule has 0 radical (unpaired) electrons. The molecule has 0 aromatic carbocycles. The number of imidazole rings is 1. The Kier molecular flexibility index (Phi) is 6.66. The number of nitrogens with zero attached hydrogens (tertiary/aromatic N) is 2. The van der Waals surface area contributed by atoms with Crippen LogP contribution >= 0.6 is 0 Å². The third-order valence-corrected chi connectivity index (χ3v) is 5.22. The van der Waals surface area contributed by atoms with Crippen LogP contribution in [-0.4, -0.2) is 41.1 Å². The van der Waals surface area contributed by atoms with Crippen molar-refractivity contribution in [2.45, 2.75) is 58.4 Å². The van der Waals surface area contributed by atoms with E-state index in [1.807, 2.05) is 0 Å². The lowest BCUT2D eigenvalue weighted by atomic mass is 9.90. The molecule has 2 fully saturated rings. The van der Waals surface area contributed by atoms with Crippen LogP contribution in [0.2, 0.25) is 0 Å². The highest BCUT2D eigenvalue weighted by Crippen LogP contribution is 2.24. The smallest absolute Gasteiger partial charge is 0.268 e. The van der Waals surface area contributed by atoms with Gasteiger partial charge in [0.2, 0.25) is 5.91 Å². The normalized spacial score (nSPS) is 20.2. The maximum atomic E-state index is 11.9. The molecule has 0 unspecified atom stereocenters. The van der Waals surface area contributed by atoms with Crippen LogP contribution in [0.1, 0.15) is 63.3 Å². The Bertz CT molecular complexity index is 702.